The Balaban J connectivity index is 1.98. The molecular weight excluding hydrogens is 256 g/mol. The van der Waals surface area contributed by atoms with Crippen molar-refractivity contribution in [1.82, 2.24) is 10.2 Å². The van der Waals surface area contributed by atoms with E-state index in [1.807, 2.05) is 30.3 Å². The molecule has 2 atom stereocenters. The number of hydrogen-bond donors (Lipinski definition) is 1. The highest BCUT2D eigenvalue weighted by atomic mass is 16.5. The summed E-state index contributed by atoms with van der Waals surface area (Å²) in [6, 6.07) is 9.37. The van der Waals surface area contributed by atoms with E-state index >= 15 is 0 Å². The van der Waals surface area contributed by atoms with E-state index in [2.05, 4.69) is 5.32 Å². The van der Waals surface area contributed by atoms with Crippen LogP contribution in [0.2, 0.25) is 0 Å². The quantitative estimate of drug-likeness (QED) is 0.896. The van der Waals surface area contributed by atoms with E-state index in [0.717, 1.165) is 5.56 Å². The molecular formula is C15H20N2O3. The summed E-state index contributed by atoms with van der Waals surface area (Å²) in [7, 11) is 3.28. The summed E-state index contributed by atoms with van der Waals surface area (Å²) in [4.78, 5) is 25.4. The number of likely N-dealkylation sites (N-methyl/N-ethyl adjacent to an activating group) is 1. The van der Waals surface area contributed by atoms with Crippen LogP contribution in [0.4, 0.5) is 0 Å². The van der Waals surface area contributed by atoms with Crippen molar-refractivity contribution in [3.05, 3.63) is 35.9 Å². The number of likely N-dealkylation sites (tertiary alicyclic amines) is 1. The van der Waals surface area contributed by atoms with Crippen LogP contribution in [-0.4, -0.2) is 43.5 Å². The van der Waals surface area contributed by atoms with Gasteiger partial charge in [-0.25, -0.2) is 0 Å². The Bertz CT molecular complexity index is 475. The zero-order valence-electron chi connectivity index (χ0n) is 11.8. The lowest BCUT2D eigenvalue weighted by molar-refractivity contribution is -0.136. The van der Waals surface area contributed by atoms with Gasteiger partial charge in [-0.05, 0) is 12.0 Å². The SMILES string of the molecule is CO[C@H](C(=O)N[C@H]1CCC(=O)N(C)C1)c1ccccc1. The zero-order chi connectivity index (χ0) is 14.5. The van der Waals surface area contributed by atoms with Gasteiger partial charge in [-0.15, -0.1) is 0 Å². The monoisotopic (exact) mass is 276 g/mol. The molecule has 1 heterocycles. The van der Waals surface area contributed by atoms with Gasteiger partial charge in [0.05, 0.1) is 0 Å². The van der Waals surface area contributed by atoms with Crippen molar-refractivity contribution in [2.75, 3.05) is 20.7 Å². The second kappa shape index (κ2) is 6.52. The van der Waals surface area contributed by atoms with E-state index < -0.39 is 6.10 Å². The molecule has 0 saturated carbocycles. The summed E-state index contributed by atoms with van der Waals surface area (Å²) in [5.74, 6) is -0.0340. The standard InChI is InChI=1S/C15H20N2O3/c1-17-10-12(8-9-13(17)18)16-15(19)14(20-2)11-6-4-3-5-7-11/h3-7,12,14H,8-10H2,1-2H3,(H,16,19)/t12-,14-/m0/s1. The van der Waals surface area contributed by atoms with Gasteiger partial charge in [0.15, 0.2) is 6.10 Å². The maximum absolute atomic E-state index is 12.3. The second-order valence-electron chi connectivity index (χ2n) is 5.04. The molecule has 5 heteroatoms. The Kier molecular flexibility index (Phi) is 4.74. The van der Waals surface area contributed by atoms with Gasteiger partial charge in [0.2, 0.25) is 5.91 Å². The van der Waals surface area contributed by atoms with E-state index in [4.69, 9.17) is 4.74 Å². The highest BCUT2D eigenvalue weighted by Crippen LogP contribution is 2.18. The number of amides is 2. The number of hydrogen-bond acceptors (Lipinski definition) is 3. The lowest BCUT2D eigenvalue weighted by Crippen LogP contribution is -2.49. The lowest BCUT2D eigenvalue weighted by Gasteiger charge is -2.31. The summed E-state index contributed by atoms with van der Waals surface area (Å²) < 4.78 is 5.30. The first-order chi connectivity index (χ1) is 9.61. The van der Waals surface area contributed by atoms with Crippen LogP contribution in [0.5, 0.6) is 0 Å². The number of benzene rings is 1. The highest BCUT2D eigenvalue weighted by Gasteiger charge is 2.27. The van der Waals surface area contributed by atoms with Gasteiger partial charge in [-0.1, -0.05) is 30.3 Å². The Morgan fingerprint density at radius 3 is 2.70 bits per heavy atom. The largest absolute Gasteiger partial charge is 0.367 e. The van der Waals surface area contributed by atoms with Gasteiger partial charge in [0.1, 0.15) is 0 Å². The number of rotatable bonds is 4. The zero-order valence-corrected chi connectivity index (χ0v) is 11.8. The van der Waals surface area contributed by atoms with Gasteiger partial charge < -0.3 is 15.0 Å². The molecule has 2 rings (SSSR count). The number of methoxy groups -OCH3 is 1. The van der Waals surface area contributed by atoms with E-state index in [1.165, 1.54) is 7.11 Å². The van der Waals surface area contributed by atoms with Crippen LogP contribution in [0.1, 0.15) is 24.5 Å². The number of carbonyl (C=O) groups excluding carboxylic acids is 2. The van der Waals surface area contributed by atoms with Crippen LogP contribution in [0.3, 0.4) is 0 Å². The molecule has 1 saturated heterocycles. The van der Waals surface area contributed by atoms with Crippen LogP contribution in [0.15, 0.2) is 30.3 Å². The molecule has 1 aliphatic rings. The van der Waals surface area contributed by atoms with Crippen LogP contribution in [0, 0.1) is 0 Å². The van der Waals surface area contributed by atoms with Gasteiger partial charge in [-0.3, -0.25) is 9.59 Å². The molecule has 0 radical (unpaired) electrons. The highest BCUT2D eigenvalue weighted by molar-refractivity contribution is 5.83. The fraction of sp³-hybridized carbons (Fsp3) is 0.467. The first-order valence-corrected chi connectivity index (χ1v) is 6.74. The predicted molar refractivity (Wildman–Crippen MR) is 75.0 cm³/mol. The predicted octanol–water partition coefficient (Wildman–Crippen LogP) is 1.11. The average molecular weight is 276 g/mol. The smallest absolute Gasteiger partial charge is 0.254 e. The number of nitrogens with zero attached hydrogens (tertiary/aromatic N) is 1. The van der Waals surface area contributed by atoms with Crippen LogP contribution >= 0.6 is 0 Å². The fourth-order valence-corrected chi connectivity index (χ4v) is 2.43. The molecule has 0 spiro atoms. The van der Waals surface area contributed by atoms with E-state index in [1.54, 1.807) is 11.9 Å². The maximum Gasteiger partial charge on any atom is 0.254 e. The normalized spacial score (nSPS) is 20.6. The molecule has 1 aliphatic heterocycles. The Morgan fingerprint density at radius 1 is 1.40 bits per heavy atom. The molecule has 1 N–H and O–H groups in total. The minimum Gasteiger partial charge on any atom is -0.367 e. The third kappa shape index (κ3) is 3.36. The summed E-state index contributed by atoms with van der Waals surface area (Å²) in [6.45, 7) is 0.551. The van der Waals surface area contributed by atoms with E-state index in [0.29, 0.717) is 19.4 Å². The first kappa shape index (κ1) is 14.5. The average Bonchev–Trinajstić information content (AvgIpc) is 2.45. The molecule has 2 amide bonds. The molecule has 0 aromatic heterocycles. The molecule has 5 nitrogen and oxygen atoms in total. The van der Waals surface area contributed by atoms with E-state index in [-0.39, 0.29) is 17.9 Å². The Morgan fingerprint density at radius 2 is 2.10 bits per heavy atom. The van der Waals surface area contributed by atoms with E-state index in [9.17, 15) is 9.59 Å². The summed E-state index contributed by atoms with van der Waals surface area (Å²) in [5.41, 5.74) is 0.827. The number of ether oxygens (including phenoxy) is 1. The fourth-order valence-electron chi connectivity index (χ4n) is 2.43. The minimum atomic E-state index is -0.612. The van der Waals surface area contributed by atoms with Crippen molar-refractivity contribution in [2.45, 2.75) is 25.0 Å². The van der Waals surface area contributed by atoms with Crippen LogP contribution < -0.4 is 5.32 Å². The number of nitrogens with one attached hydrogen (secondary N) is 1. The third-order valence-corrected chi connectivity index (χ3v) is 3.55. The Labute approximate surface area is 118 Å². The van der Waals surface area contributed by atoms with Crippen molar-refractivity contribution in [3.8, 4) is 0 Å². The molecule has 20 heavy (non-hydrogen) atoms. The minimum absolute atomic E-state index is 0.00781. The van der Waals surface area contributed by atoms with Gasteiger partial charge in [0, 0.05) is 33.2 Å². The Hall–Kier alpha value is -1.88. The second-order valence-corrected chi connectivity index (χ2v) is 5.04. The maximum atomic E-state index is 12.3. The number of piperidine rings is 1. The molecule has 0 bridgehead atoms. The summed E-state index contributed by atoms with van der Waals surface area (Å²) in [5, 5.41) is 2.96. The van der Waals surface area contributed by atoms with Crippen molar-refractivity contribution in [3.63, 3.8) is 0 Å². The summed E-state index contributed by atoms with van der Waals surface area (Å²) >= 11 is 0. The van der Waals surface area contributed by atoms with Crippen molar-refractivity contribution in [2.24, 2.45) is 0 Å². The third-order valence-electron chi connectivity index (χ3n) is 3.55. The van der Waals surface area contributed by atoms with Crippen molar-refractivity contribution < 1.29 is 14.3 Å². The lowest BCUT2D eigenvalue weighted by atomic mass is 10.0. The van der Waals surface area contributed by atoms with Crippen LogP contribution in [0.25, 0.3) is 0 Å². The molecule has 1 aromatic rings. The number of carbonyl (C=O) groups is 2. The molecule has 108 valence electrons. The van der Waals surface area contributed by atoms with Crippen molar-refractivity contribution >= 4 is 11.8 Å². The molecule has 0 aliphatic carbocycles. The first-order valence-electron chi connectivity index (χ1n) is 6.74. The summed E-state index contributed by atoms with van der Waals surface area (Å²) in [6.07, 6.45) is 0.545. The van der Waals surface area contributed by atoms with Crippen LogP contribution in [-0.2, 0) is 14.3 Å². The molecule has 0 unspecified atom stereocenters. The topological polar surface area (TPSA) is 58.6 Å². The molecule has 1 aromatic carbocycles. The van der Waals surface area contributed by atoms with Gasteiger partial charge >= 0.3 is 0 Å². The molecule has 1 fully saturated rings. The van der Waals surface area contributed by atoms with Crippen molar-refractivity contribution in [1.29, 1.82) is 0 Å². The van der Waals surface area contributed by atoms with Gasteiger partial charge in [-0.2, -0.15) is 0 Å². The van der Waals surface area contributed by atoms with Gasteiger partial charge in [0.25, 0.3) is 5.91 Å².